The zero-order valence-corrected chi connectivity index (χ0v) is 24.4. The van der Waals surface area contributed by atoms with Crippen LogP contribution >= 0.6 is 12.2 Å². The predicted molar refractivity (Wildman–Crippen MR) is 159 cm³/mol. The largest absolute Gasteiger partial charge is 0.508 e. The number of anilines is 2. The SMILES string of the molecule is NCC(N)=O.O=C(CCC(=O)N1CCN(c2ccc(N3C[C@H](CNC(=S)C(F)F)OC3=O)cc2F)CC1)c1cccc(O)c1. The van der Waals surface area contributed by atoms with Gasteiger partial charge in [0.1, 0.15) is 22.7 Å². The second-order valence-corrected chi connectivity index (χ2v) is 10.2. The number of nitrogens with zero attached hydrogens (tertiary/aromatic N) is 3. The van der Waals surface area contributed by atoms with Crippen molar-refractivity contribution in [3.63, 3.8) is 0 Å². The quantitative estimate of drug-likeness (QED) is 0.222. The van der Waals surface area contributed by atoms with E-state index in [1.807, 2.05) is 0 Å². The molecule has 2 aromatic rings. The molecular formula is C28H33F3N6O6S. The number of carbonyl (C=O) groups is 4. The van der Waals surface area contributed by atoms with Crippen LogP contribution in [0.15, 0.2) is 42.5 Å². The van der Waals surface area contributed by atoms with Crippen LogP contribution in [0.5, 0.6) is 5.75 Å². The zero-order valence-electron chi connectivity index (χ0n) is 23.6. The van der Waals surface area contributed by atoms with E-state index in [0.29, 0.717) is 37.4 Å². The first-order valence-electron chi connectivity index (χ1n) is 13.6. The van der Waals surface area contributed by atoms with Crippen LogP contribution in [0.4, 0.5) is 29.3 Å². The Balaban J connectivity index is 0.000000978. The van der Waals surface area contributed by atoms with Crippen molar-refractivity contribution in [2.45, 2.75) is 25.4 Å². The molecule has 0 aromatic heterocycles. The van der Waals surface area contributed by atoms with E-state index >= 15 is 4.39 Å². The monoisotopic (exact) mass is 638 g/mol. The fourth-order valence-electron chi connectivity index (χ4n) is 4.45. The number of cyclic esters (lactones) is 1. The number of phenolic OH excluding ortho intramolecular Hbond substituents is 1. The number of Topliss-reactive ketones (excluding diaryl/α,β-unsaturated/α-hetero) is 1. The van der Waals surface area contributed by atoms with Crippen molar-refractivity contribution < 1.29 is 42.2 Å². The van der Waals surface area contributed by atoms with Crippen LogP contribution in [0.1, 0.15) is 23.2 Å². The number of nitrogens with two attached hydrogens (primary N) is 2. The Morgan fingerprint density at radius 3 is 2.36 bits per heavy atom. The van der Waals surface area contributed by atoms with Crippen LogP contribution < -0.4 is 26.6 Å². The van der Waals surface area contributed by atoms with Gasteiger partial charge in [-0.1, -0.05) is 24.4 Å². The Hall–Kier alpha value is -4.44. The Morgan fingerprint density at radius 2 is 1.77 bits per heavy atom. The number of carbonyl (C=O) groups excluding carboxylic acids is 4. The molecular weight excluding hydrogens is 605 g/mol. The lowest BCUT2D eigenvalue weighted by molar-refractivity contribution is -0.131. The van der Waals surface area contributed by atoms with E-state index in [9.17, 15) is 33.1 Å². The summed E-state index contributed by atoms with van der Waals surface area (Å²) < 4.78 is 45.3. The van der Waals surface area contributed by atoms with Gasteiger partial charge in [-0.05, 0) is 30.3 Å². The summed E-state index contributed by atoms with van der Waals surface area (Å²) in [4.78, 5) is 50.6. The van der Waals surface area contributed by atoms with Gasteiger partial charge in [-0.3, -0.25) is 19.3 Å². The Bertz CT molecular complexity index is 1380. The van der Waals surface area contributed by atoms with E-state index in [2.05, 4.69) is 23.3 Å². The molecule has 0 saturated carbocycles. The lowest BCUT2D eigenvalue weighted by Gasteiger charge is -2.36. The number of ether oxygens (including phenoxy) is 1. The summed E-state index contributed by atoms with van der Waals surface area (Å²) in [6.45, 7) is 1.38. The molecule has 1 atom stereocenters. The summed E-state index contributed by atoms with van der Waals surface area (Å²) in [7, 11) is 0. The average Bonchev–Trinajstić information content (AvgIpc) is 3.38. The van der Waals surface area contributed by atoms with Gasteiger partial charge in [0.15, 0.2) is 5.78 Å². The Morgan fingerprint density at radius 1 is 1.09 bits per heavy atom. The van der Waals surface area contributed by atoms with Crippen molar-refractivity contribution in [3.05, 3.63) is 53.8 Å². The van der Waals surface area contributed by atoms with E-state index < -0.39 is 35.3 Å². The summed E-state index contributed by atoms with van der Waals surface area (Å²) in [5.41, 5.74) is 10.2. The smallest absolute Gasteiger partial charge is 0.414 e. The molecule has 12 nitrogen and oxygen atoms in total. The second-order valence-electron chi connectivity index (χ2n) is 9.81. The van der Waals surface area contributed by atoms with E-state index in [4.69, 9.17) is 10.5 Å². The molecule has 2 aliphatic heterocycles. The minimum Gasteiger partial charge on any atom is -0.508 e. The molecule has 2 saturated heterocycles. The summed E-state index contributed by atoms with van der Waals surface area (Å²) in [5.74, 6) is -1.45. The van der Waals surface area contributed by atoms with Gasteiger partial charge in [0.05, 0.1) is 31.0 Å². The van der Waals surface area contributed by atoms with Crippen LogP contribution in [0, 0.1) is 5.82 Å². The van der Waals surface area contributed by atoms with Crippen LogP contribution in [-0.4, -0.2) is 97.0 Å². The Labute approximate surface area is 256 Å². The maximum absolute atomic E-state index is 15.0. The molecule has 0 spiro atoms. The number of alkyl halides is 2. The standard InChI is InChI=1S/C26H27F3N4O5S.C2H6N2O/c27-20-13-17(33-15-19(38-26(33)37)14-30-25(39)24(28)29)4-5-21(20)31-8-10-32(11-9-31)23(36)7-6-22(35)16-2-1-3-18(34)12-16;3-1-2(4)5/h1-5,12-13,19,24,34H,6-11,14-15H2,(H,30,39);1,3H2,(H2,4,5)/t19-;/m0./s1. The third kappa shape index (κ3) is 9.54. The fraction of sp³-hybridized carbons (Fsp3) is 0.393. The van der Waals surface area contributed by atoms with Crippen LogP contribution in [-0.2, 0) is 14.3 Å². The number of primary amides is 1. The van der Waals surface area contributed by atoms with E-state index in [-0.39, 0.29) is 55.6 Å². The zero-order chi connectivity index (χ0) is 32.4. The summed E-state index contributed by atoms with van der Waals surface area (Å²) >= 11 is 4.51. The van der Waals surface area contributed by atoms with Gasteiger partial charge in [-0.25, -0.2) is 18.0 Å². The number of amides is 3. The summed E-state index contributed by atoms with van der Waals surface area (Å²) in [6, 6.07) is 10.3. The molecule has 238 valence electrons. The number of halogens is 3. The number of nitrogens with one attached hydrogen (secondary N) is 1. The normalized spacial score (nSPS) is 16.2. The topological polar surface area (TPSA) is 172 Å². The number of hydrogen-bond donors (Lipinski definition) is 4. The first kappa shape index (κ1) is 34.1. The number of benzene rings is 2. The highest BCUT2D eigenvalue weighted by molar-refractivity contribution is 7.80. The number of piperazine rings is 1. The first-order valence-corrected chi connectivity index (χ1v) is 14.0. The first-order chi connectivity index (χ1) is 20.9. The number of hydrogen-bond acceptors (Lipinski definition) is 9. The number of rotatable bonds is 10. The average molecular weight is 639 g/mol. The molecule has 2 heterocycles. The van der Waals surface area contributed by atoms with Crippen molar-refractivity contribution in [1.82, 2.24) is 10.2 Å². The molecule has 6 N–H and O–H groups in total. The van der Waals surface area contributed by atoms with Crippen molar-refractivity contribution in [2.75, 3.05) is 55.6 Å². The number of ketones is 1. The minimum absolute atomic E-state index is 0.0156. The lowest BCUT2D eigenvalue weighted by Crippen LogP contribution is -2.49. The van der Waals surface area contributed by atoms with Crippen molar-refractivity contribution >= 4 is 52.3 Å². The van der Waals surface area contributed by atoms with Gasteiger partial charge in [0.2, 0.25) is 11.8 Å². The van der Waals surface area contributed by atoms with Crippen molar-refractivity contribution in [2.24, 2.45) is 11.5 Å². The van der Waals surface area contributed by atoms with Crippen molar-refractivity contribution in [3.8, 4) is 5.75 Å². The maximum atomic E-state index is 15.0. The molecule has 16 heteroatoms. The molecule has 2 aromatic carbocycles. The fourth-order valence-corrected chi connectivity index (χ4v) is 4.53. The number of phenols is 1. The third-order valence-corrected chi connectivity index (χ3v) is 7.05. The number of aromatic hydroxyl groups is 1. The van der Waals surface area contributed by atoms with Gasteiger partial charge in [-0.2, -0.15) is 0 Å². The highest BCUT2D eigenvalue weighted by Gasteiger charge is 2.33. The van der Waals surface area contributed by atoms with Gasteiger partial charge in [-0.15, -0.1) is 0 Å². The molecule has 44 heavy (non-hydrogen) atoms. The third-order valence-electron chi connectivity index (χ3n) is 6.73. The highest BCUT2D eigenvalue weighted by atomic mass is 32.1. The summed E-state index contributed by atoms with van der Waals surface area (Å²) in [6.07, 6.45) is -4.19. The van der Waals surface area contributed by atoms with Gasteiger partial charge < -0.3 is 36.4 Å². The molecule has 2 fully saturated rings. The van der Waals surface area contributed by atoms with Gasteiger partial charge in [0, 0.05) is 44.6 Å². The van der Waals surface area contributed by atoms with Crippen molar-refractivity contribution in [1.29, 1.82) is 0 Å². The molecule has 0 radical (unpaired) electrons. The Kier molecular flexibility index (Phi) is 12.3. The predicted octanol–water partition coefficient (Wildman–Crippen LogP) is 1.78. The van der Waals surface area contributed by atoms with Crippen LogP contribution in [0.2, 0.25) is 0 Å². The van der Waals surface area contributed by atoms with Gasteiger partial charge >= 0.3 is 6.09 Å². The van der Waals surface area contributed by atoms with E-state index in [1.165, 1.54) is 23.1 Å². The molecule has 0 unspecified atom stereocenters. The van der Waals surface area contributed by atoms with Crippen LogP contribution in [0.3, 0.4) is 0 Å². The molecule has 3 amide bonds. The minimum atomic E-state index is -2.81. The molecule has 4 rings (SSSR count). The van der Waals surface area contributed by atoms with E-state index in [1.54, 1.807) is 34.1 Å². The molecule has 0 bridgehead atoms. The number of thiocarbonyl (C=S) groups is 1. The summed E-state index contributed by atoms with van der Waals surface area (Å²) in [5, 5.41) is 11.9. The molecule has 0 aliphatic carbocycles. The maximum Gasteiger partial charge on any atom is 0.414 e. The highest BCUT2D eigenvalue weighted by Crippen LogP contribution is 2.28. The lowest BCUT2D eigenvalue weighted by atomic mass is 10.1. The molecule has 2 aliphatic rings. The van der Waals surface area contributed by atoms with Crippen LogP contribution in [0.25, 0.3) is 0 Å². The van der Waals surface area contributed by atoms with Gasteiger partial charge in [0.25, 0.3) is 6.43 Å². The van der Waals surface area contributed by atoms with E-state index in [0.717, 1.165) is 0 Å². The second kappa shape index (κ2) is 15.9.